The molecular formula is C21H29Cl2N3O3. The molecule has 1 unspecified atom stereocenters. The van der Waals surface area contributed by atoms with Crippen LogP contribution < -0.4 is 25.4 Å². The van der Waals surface area contributed by atoms with Crippen LogP contribution in [0.3, 0.4) is 0 Å². The lowest BCUT2D eigenvalue weighted by atomic mass is 10.1. The summed E-state index contributed by atoms with van der Waals surface area (Å²) in [5.74, 6) is 1.88. The second-order valence-corrected chi connectivity index (χ2v) is 6.96. The smallest absolute Gasteiger partial charge is 0.251 e. The number of hydrogen-bond donors (Lipinski definition) is 2. The molecule has 6 nitrogen and oxygen atoms in total. The summed E-state index contributed by atoms with van der Waals surface area (Å²) in [6, 6.07) is 11.3. The maximum atomic E-state index is 12.5. The molecule has 0 radical (unpaired) electrons. The zero-order valence-corrected chi connectivity index (χ0v) is 18.6. The molecule has 1 atom stereocenters. The molecule has 2 aromatic rings. The highest BCUT2D eigenvalue weighted by Crippen LogP contribution is 2.31. The minimum atomic E-state index is -0.0682. The van der Waals surface area contributed by atoms with Gasteiger partial charge in [0.15, 0.2) is 0 Å². The minimum Gasteiger partial charge on any atom is -0.497 e. The molecule has 29 heavy (non-hydrogen) atoms. The molecule has 160 valence electrons. The molecule has 1 aliphatic heterocycles. The number of anilines is 2. The number of benzene rings is 2. The van der Waals surface area contributed by atoms with Crippen LogP contribution >= 0.6 is 24.8 Å². The van der Waals surface area contributed by atoms with E-state index in [1.807, 2.05) is 37.3 Å². The van der Waals surface area contributed by atoms with Crippen LogP contribution in [-0.4, -0.2) is 39.8 Å². The Balaban J connectivity index is 0.00000210. The Hall–Kier alpha value is -2.31. The van der Waals surface area contributed by atoms with Gasteiger partial charge in [0.2, 0.25) is 0 Å². The quantitative estimate of drug-likeness (QED) is 0.668. The first kappa shape index (κ1) is 24.7. The van der Waals surface area contributed by atoms with Gasteiger partial charge in [-0.3, -0.25) is 4.79 Å². The van der Waals surface area contributed by atoms with Gasteiger partial charge in [-0.2, -0.15) is 0 Å². The summed E-state index contributed by atoms with van der Waals surface area (Å²) < 4.78 is 10.7. The van der Waals surface area contributed by atoms with Gasteiger partial charge in [-0.1, -0.05) is 6.07 Å². The lowest BCUT2D eigenvalue weighted by Crippen LogP contribution is -2.31. The predicted molar refractivity (Wildman–Crippen MR) is 122 cm³/mol. The molecule has 1 aliphatic rings. The van der Waals surface area contributed by atoms with Crippen LogP contribution in [0.5, 0.6) is 11.5 Å². The summed E-state index contributed by atoms with van der Waals surface area (Å²) in [7, 11) is 3.30. The fourth-order valence-electron chi connectivity index (χ4n) is 3.43. The number of rotatable bonds is 6. The topological polar surface area (TPSA) is 76.8 Å². The Bertz CT molecular complexity index is 811. The van der Waals surface area contributed by atoms with Crippen molar-refractivity contribution in [3.8, 4) is 11.5 Å². The highest BCUT2D eigenvalue weighted by molar-refractivity contribution is 5.96. The van der Waals surface area contributed by atoms with Gasteiger partial charge < -0.3 is 25.4 Å². The third-order valence-electron chi connectivity index (χ3n) is 5.04. The van der Waals surface area contributed by atoms with Crippen molar-refractivity contribution in [2.24, 2.45) is 5.92 Å². The van der Waals surface area contributed by atoms with Crippen LogP contribution in [0.2, 0.25) is 0 Å². The number of carbonyl (C=O) groups excluding carboxylic acids is 1. The average molecular weight is 442 g/mol. The lowest BCUT2D eigenvalue weighted by Gasteiger charge is -2.20. The number of nitrogens with two attached hydrogens (primary N) is 1. The number of nitrogens with zero attached hydrogens (tertiary/aromatic N) is 1. The normalized spacial score (nSPS) is 15.1. The van der Waals surface area contributed by atoms with Crippen molar-refractivity contribution in [3.05, 3.63) is 47.5 Å². The first-order valence-corrected chi connectivity index (χ1v) is 9.12. The molecular weight excluding hydrogens is 413 g/mol. The van der Waals surface area contributed by atoms with Gasteiger partial charge in [0, 0.05) is 54.8 Å². The number of carbonyl (C=O) groups is 1. The molecule has 1 saturated heterocycles. The maximum Gasteiger partial charge on any atom is 0.251 e. The van der Waals surface area contributed by atoms with E-state index in [2.05, 4.69) is 10.2 Å². The van der Waals surface area contributed by atoms with E-state index < -0.39 is 0 Å². The fourth-order valence-corrected chi connectivity index (χ4v) is 3.43. The molecule has 0 aliphatic carbocycles. The molecule has 0 spiro atoms. The largest absolute Gasteiger partial charge is 0.497 e. The van der Waals surface area contributed by atoms with Crippen LogP contribution in [0, 0.1) is 12.8 Å². The van der Waals surface area contributed by atoms with E-state index in [1.165, 1.54) is 0 Å². The van der Waals surface area contributed by atoms with Gasteiger partial charge in [-0.25, -0.2) is 0 Å². The van der Waals surface area contributed by atoms with Crippen LogP contribution in [0.1, 0.15) is 22.3 Å². The molecule has 3 rings (SSSR count). The molecule has 2 aromatic carbocycles. The van der Waals surface area contributed by atoms with Crippen molar-refractivity contribution in [1.82, 2.24) is 5.32 Å². The van der Waals surface area contributed by atoms with E-state index in [4.69, 9.17) is 15.2 Å². The summed E-state index contributed by atoms with van der Waals surface area (Å²) in [6.07, 6.45) is 1.02. The van der Waals surface area contributed by atoms with Crippen LogP contribution in [0.25, 0.3) is 0 Å². The number of hydrogen-bond acceptors (Lipinski definition) is 5. The Kier molecular flexibility index (Phi) is 9.40. The lowest BCUT2D eigenvalue weighted by molar-refractivity contribution is 0.0947. The Morgan fingerprint density at radius 3 is 2.41 bits per heavy atom. The Morgan fingerprint density at radius 1 is 1.14 bits per heavy atom. The SMILES string of the molecule is COc1cc(OC)cc(N2CCC(CNC(=O)c3cc(N)ccc3C)C2)c1.Cl.Cl. The highest BCUT2D eigenvalue weighted by Gasteiger charge is 2.24. The van der Waals surface area contributed by atoms with Gasteiger partial charge in [0.05, 0.1) is 14.2 Å². The molecule has 3 N–H and O–H groups in total. The summed E-state index contributed by atoms with van der Waals surface area (Å²) in [5, 5.41) is 3.06. The average Bonchev–Trinajstić information content (AvgIpc) is 3.16. The van der Waals surface area contributed by atoms with Crippen molar-refractivity contribution >= 4 is 42.1 Å². The zero-order chi connectivity index (χ0) is 19.4. The van der Waals surface area contributed by atoms with E-state index in [-0.39, 0.29) is 30.7 Å². The van der Waals surface area contributed by atoms with Gasteiger partial charge in [-0.15, -0.1) is 24.8 Å². The summed E-state index contributed by atoms with van der Waals surface area (Å²) >= 11 is 0. The standard InChI is InChI=1S/C21H27N3O3.2ClH/c1-14-4-5-16(22)8-20(14)21(25)23-12-15-6-7-24(13-15)17-9-18(26-2)11-19(10-17)27-3;;/h4-5,8-11,15H,6-7,12-13,22H2,1-3H3,(H,23,25);2*1H. The van der Waals surface area contributed by atoms with Crippen molar-refractivity contribution < 1.29 is 14.3 Å². The third kappa shape index (κ3) is 6.08. The van der Waals surface area contributed by atoms with Crippen LogP contribution in [-0.2, 0) is 0 Å². The second kappa shape index (κ2) is 11.0. The minimum absolute atomic E-state index is 0. The van der Waals surface area contributed by atoms with Gasteiger partial charge in [0.25, 0.3) is 5.91 Å². The summed E-state index contributed by atoms with van der Waals surface area (Å²) in [4.78, 5) is 14.8. The van der Waals surface area contributed by atoms with E-state index in [0.717, 1.165) is 42.3 Å². The number of methoxy groups -OCH3 is 2. The zero-order valence-electron chi connectivity index (χ0n) is 16.9. The monoisotopic (exact) mass is 441 g/mol. The van der Waals surface area contributed by atoms with Gasteiger partial charge in [-0.05, 0) is 37.0 Å². The summed E-state index contributed by atoms with van der Waals surface area (Å²) in [6.45, 7) is 4.38. The number of ether oxygens (including phenoxy) is 2. The van der Waals surface area contributed by atoms with Crippen molar-refractivity contribution in [3.63, 3.8) is 0 Å². The molecule has 0 bridgehead atoms. The number of aryl methyl sites for hydroxylation is 1. The number of amides is 1. The van der Waals surface area contributed by atoms with Crippen LogP contribution in [0.15, 0.2) is 36.4 Å². The predicted octanol–water partition coefficient (Wildman–Crippen LogP) is 3.69. The van der Waals surface area contributed by atoms with Crippen molar-refractivity contribution in [2.45, 2.75) is 13.3 Å². The molecule has 1 heterocycles. The van der Waals surface area contributed by atoms with E-state index in [9.17, 15) is 4.79 Å². The molecule has 0 aromatic heterocycles. The van der Waals surface area contributed by atoms with Crippen molar-refractivity contribution in [1.29, 1.82) is 0 Å². The molecule has 8 heteroatoms. The second-order valence-electron chi connectivity index (χ2n) is 6.96. The summed E-state index contributed by atoms with van der Waals surface area (Å²) in [5.41, 5.74) is 9.05. The maximum absolute atomic E-state index is 12.5. The van der Waals surface area contributed by atoms with E-state index in [0.29, 0.717) is 23.7 Å². The number of nitrogen functional groups attached to an aromatic ring is 1. The molecule has 1 fully saturated rings. The Labute approximate surface area is 184 Å². The molecule has 1 amide bonds. The molecule has 0 saturated carbocycles. The fraction of sp³-hybridized carbons (Fsp3) is 0.381. The van der Waals surface area contributed by atoms with Crippen molar-refractivity contribution in [2.75, 3.05) is 44.5 Å². The van der Waals surface area contributed by atoms with Crippen LogP contribution in [0.4, 0.5) is 11.4 Å². The number of nitrogens with one attached hydrogen (secondary N) is 1. The van der Waals surface area contributed by atoms with E-state index >= 15 is 0 Å². The number of halogens is 2. The first-order chi connectivity index (χ1) is 13.0. The highest BCUT2D eigenvalue weighted by atomic mass is 35.5. The third-order valence-corrected chi connectivity index (χ3v) is 5.04. The Morgan fingerprint density at radius 2 is 1.79 bits per heavy atom. The van der Waals surface area contributed by atoms with Gasteiger partial charge >= 0.3 is 0 Å². The first-order valence-electron chi connectivity index (χ1n) is 9.12. The van der Waals surface area contributed by atoms with E-state index in [1.54, 1.807) is 20.3 Å². The van der Waals surface area contributed by atoms with Gasteiger partial charge in [0.1, 0.15) is 11.5 Å².